The SMILES string of the molecule is C[C@H](C(=O)c1ccccc1)[C@H]1CO[C@@H](CO)C1(C)C(=O)c1ccccc1. The topological polar surface area (TPSA) is 63.6 Å². The van der Waals surface area contributed by atoms with Gasteiger partial charge in [0.15, 0.2) is 11.6 Å². The molecule has 0 aliphatic carbocycles. The molecule has 136 valence electrons. The van der Waals surface area contributed by atoms with E-state index in [0.717, 1.165) is 0 Å². The van der Waals surface area contributed by atoms with Gasteiger partial charge < -0.3 is 9.84 Å². The van der Waals surface area contributed by atoms with Crippen molar-refractivity contribution in [3.63, 3.8) is 0 Å². The van der Waals surface area contributed by atoms with E-state index in [1.165, 1.54) is 0 Å². The molecule has 1 heterocycles. The Bertz CT molecular complexity index is 771. The Morgan fingerprint density at radius 2 is 1.62 bits per heavy atom. The van der Waals surface area contributed by atoms with Gasteiger partial charge in [0.2, 0.25) is 0 Å². The van der Waals surface area contributed by atoms with Gasteiger partial charge in [-0.3, -0.25) is 9.59 Å². The highest BCUT2D eigenvalue weighted by Crippen LogP contribution is 2.46. The van der Waals surface area contributed by atoms with Gasteiger partial charge in [0, 0.05) is 23.0 Å². The lowest BCUT2D eigenvalue weighted by Gasteiger charge is -2.35. The molecular formula is C22H24O4. The number of rotatable bonds is 6. The zero-order chi connectivity index (χ0) is 18.7. The fraction of sp³-hybridized carbons (Fsp3) is 0.364. The first-order chi connectivity index (χ1) is 12.5. The quantitative estimate of drug-likeness (QED) is 0.810. The molecule has 0 bridgehead atoms. The fourth-order valence-corrected chi connectivity index (χ4v) is 3.97. The van der Waals surface area contributed by atoms with Crippen LogP contribution in [-0.4, -0.2) is 36.0 Å². The van der Waals surface area contributed by atoms with Gasteiger partial charge in [0.05, 0.1) is 24.7 Å². The molecular weight excluding hydrogens is 328 g/mol. The molecule has 1 aliphatic rings. The molecule has 1 saturated heterocycles. The number of Topliss-reactive ketones (excluding diaryl/α,β-unsaturated/α-hetero) is 2. The molecule has 0 aromatic heterocycles. The molecule has 4 nitrogen and oxygen atoms in total. The Balaban J connectivity index is 1.95. The third kappa shape index (κ3) is 3.11. The highest BCUT2D eigenvalue weighted by Gasteiger charge is 2.55. The van der Waals surface area contributed by atoms with Gasteiger partial charge in [-0.2, -0.15) is 0 Å². The molecule has 1 unspecified atom stereocenters. The molecule has 3 rings (SSSR count). The Morgan fingerprint density at radius 1 is 1.08 bits per heavy atom. The predicted octanol–water partition coefficient (Wildman–Crippen LogP) is 3.40. The van der Waals surface area contributed by atoms with Crippen LogP contribution in [0.4, 0.5) is 0 Å². The number of ether oxygens (including phenoxy) is 1. The number of benzene rings is 2. The van der Waals surface area contributed by atoms with E-state index in [9.17, 15) is 14.7 Å². The van der Waals surface area contributed by atoms with Crippen LogP contribution in [0.5, 0.6) is 0 Å². The van der Waals surface area contributed by atoms with Crippen LogP contribution in [-0.2, 0) is 4.74 Å². The van der Waals surface area contributed by atoms with Gasteiger partial charge >= 0.3 is 0 Å². The Labute approximate surface area is 153 Å². The number of aliphatic hydroxyl groups excluding tert-OH is 1. The summed E-state index contributed by atoms with van der Waals surface area (Å²) in [5, 5.41) is 9.79. The van der Waals surface area contributed by atoms with Gasteiger partial charge in [-0.05, 0) is 6.92 Å². The molecule has 1 aliphatic heterocycles. The van der Waals surface area contributed by atoms with E-state index in [1.54, 1.807) is 24.3 Å². The summed E-state index contributed by atoms with van der Waals surface area (Å²) in [5.41, 5.74) is 0.241. The van der Waals surface area contributed by atoms with Gasteiger partial charge in [0.25, 0.3) is 0 Å². The van der Waals surface area contributed by atoms with E-state index in [4.69, 9.17) is 4.74 Å². The maximum absolute atomic E-state index is 13.3. The molecule has 4 atom stereocenters. The van der Waals surface area contributed by atoms with Crippen LogP contribution in [0.15, 0.2) is 60.7 Å². The molecule has 4 heteroatoms. The number of hydrogen-bond acceptors (Lipinski definition) is 4. The van der Waals surface area contributed by atoms with Gasteiger partial charge in [-0.1, -0.05) is 67.6 Å². The standard InChI is InChI=1S/C22H24O4/c1-15(20(24)16-9-5-3-6-10-16)18-14-26-19(13-23)22(18,2)21(25)17-11-7-4-8-12-17/h3-12,15,18-19,23H,13-14H2,1-2H3/t15-,18+,19-,22?/m0/s1. The van der Waals surface area contributed by atoms with E-state index in [0.29, 0.717) is 11.1 Å². The maximum Gasteiger partial charge on any atom is 0.171 e. The Kier molecular flexibility index (Phi) is 5.35. The summed E-state index contributed by atoms with van der Waals surface area (Å²) in [4.78, 5) is 26.3. The van der Waals surface area contributed by atoms with Crippen molar-refractivity contribution in [2.75, 3.05) is 13.2 Å². The van der Waals surface area contributed by atoms with Crippen LogP contribution >= 0.6 is 0 Å². The van der Waals surface area contributed by atoms with Gasteiger partial charge in [-0.25, -0.2) is 0 Å². The van der Waals surface area contributed by atoms with E-state index in [2.05, 4.69) is 0 Å². The second kappa shape index (κ2) is 7.52. The summed E-state index contributed by atoms with van der Waals surface area (Å²) in [6.45, 7) is 3.69. The molecule has 0 amide bonds. The Morgan fingerprint density at radius 3 is 2.15 bits per heavy atom. The third-order valence-electron chi connectivity index (χ3n) is 5.68. The van der Waals surface area contributed by atoms with E-state index >= 15 is 0 Å². The summed E-state index contributed by atoms with van der Waals surface area (Å²) in [6, 6.07) is 18.1. The van der Waals surface area contributed by atoms with Gasteiger partial charge in [0.1, 0.15) is 0 Å². The van der Waals surface area contributed by atoms with Crippen molar-refractivity contribution < 1.29 is 19.4 Å². The molecule has 0 radical (unpaired) electrons. The van der Waals surface area contributed by atoms with Crippen molar-refractivity contribution in [1.82, 2.24) is 0 Å². The lowest BCUT2D eigenvalue weighted by Crippen LogP contribution is -2.46. The molecule has 0 spiro atoms. The molecule has 2 aromatic rings. The first-order valence-corrected chi connectivity index (χ1v) is 8.91. The summed E-state index contributed by atoms with van der Waals surface area (Å²) in [7, 11) is 0. The normalized spacial score (nSPS) is 26.4. The summed E-state index contributed by atoms with van der Waals surface area (Å²) >= 11 is 0. The van der Waals surface area contributed by atoms with Crippen LogP contribution in [0.2, 0.25) is 0 Å². The zero-order valence-electron chi connectivity index (χ0n) is 15.1. The maximum atomic E-state index is 13.3. The first kappa shape index (κ1) is 18.5. The number of carbonyl (C=O) groups excluding carboxylic acids is 2. The van der Waals surface area contributed by atoms with Crippen molar-refractivity contribution in [3.8, 4) is 0 Å². The van der Waals surface area contributed by atoms with Crippen LogP contribution in [0.25, 0.3) is 0 Å². The van der Waals surface area contributed by atoms with Crippen molar-refractivity contribution in [2.24, 2.45) is 17.3 Å². The molecule has 1 N–H and O–H groups in total. The summed E-state index contributed by atoms with van der Waals surface area (Å²) in [5.74, 6) is -0.802. The molecule has 2 aromatic carbocycles. The molecule has 1 fully saturated rings. The van der Waals surface area contributed by atoms with E-state index < -0.39 is 17.4 Å². The van der Waals surface area contributed by atoms with Crippen LogP contribution < -0.4 is 0 Å². The largest absolute Gasteiger partial charge is 0.394 e. The second-order valence-corrected chi connectivity index (χ2v) is 7.11. The fourth-order valence-electron chi connectivity index (χ4n) is 3.97. The zero-order valence-corrected chi connectivity index (χ0v) is 15.1. The van der Waals surface area contributed by atoms with Crippen LogP contribution in [0.3, 0.4) is 0 Å². The minimum absolute atomic E-state index is 0.00937. The predicted molar refractivity (Wildman–Crippen MR) is 99.1 cm³/mol. The number of aliphatic hydroxyl groups is 1. The average molecular weight is 352 g/mol. The molecule has 26 heavy (non-hydrogen) atoms. The van der Waals surface area contributed by atoms with E-state index in [1.807, 2.05) is 50.2 Å². The lowest BCUT2D eigenvalue weighted by atomic mass is 9.65. The number of ketones is 2. The first-order valence-electron chi connectivity index (χ1n) is 8.91. The molecule has 0 saturated carbocycles. The van der Waals surface area contributed by atoms with Gasteiger partial charge in [-0.15, -0.1) is 0 Å². The smallest absolute Gasteiger partial charge is 0.171 e. The van der Waals surface area contributed by atoms with Crippen LogP contribution in [0, 0.1) is 17.3 Å². The Hall–Kier alpha value is -2.30. The summed E-state index contributed by atoms with van der Waals surface area (Å²) < 4.78 is 5.76. The third-order valence-corrected chi connectivity index (χ3v) is 5.68. The highest BCUT2D eigenvalue weighted by atomic mass is 16.5. The number of hydrogen-bond donors (Lipinski definition) is 1. The second-order valence-electron chi connectivity index (χ2n) is 7.11. The lowest BCUT2D eigenvalue weighted by molar-refractivity contribution is 0.0110. The van der Waals surface area contributed by atoms with Crippen LogP contribution in [0.1, 0.15) is 34.6 Å². The van der Waals surface area contributed by atoms with Crippen molar-refractivity contribution in [2.45, 2.75) is 20.0 Å². The van der Waals surface area contributed by atoms with E-state index in [-0.39, 0.29) is 30.7 Å². The van der Waals surface area contributed by atoms with Crippen molar-refractivity contribution in [1.29, 1.82) is 0 Å². The summed E-state index contributed by atoms with van der Waals surface area (Å²) in [6.07, 6.45) is -0.619. The minimum atomic E-state index is -0.958. The van der Waals surface area contributed by atoms with Crippen molar-refractivity contribution in [3.05, 3.63) is 71.8 Å². The highest BCUT2D eigenvalue weighted by molar-refractivity contribution is 6.03. The monoisotopic (exact) mass is 352 g/mol. The number of carbonyl (C=O) groups is 2. The van der Waals surface area contributed by atoms with Crippen molar-refractivity contribution >= 4 is 11.6 Å². The minimum Gasteiger partial charge on any atom is -0.394 e. The average Bonchev–Trinajstić information content (AvgIpc) is 3.04.